The first kappa shape index (κ1) is 18.9. The van der Waals surface area contributed by atoms with Crippen LogP contribution in [-0.2, 0) is 4.79 Å². The molecule has 1 N–H and O–H groups in total. The zero-order chi connectivity index (χ0) is 18.7. The molecule has 0 aliphatic heterocycles. The van der Waals surface area contributed by atoms with Gasteiger partial charge in [-0.15, -0.1) is 11.3 Å². The Balaban J connectivity index is 1.63. The van der Waals surface area contributed by atoms with Crippen LogP contribution in [0.25, 0.3) is 11.3 Å². The Morgan fingerprint density at radius 2 is 1.96 bits per heavy atom. The van der Waals surface area contributed by atoms with Crippen LogP contribution in [0.15, 0.2) is 46.9 Å². The fourth-order valence-corrected chi connectivity index (χ4v) is 3.57. The second-order valence-corrected chi connectivity index (χ2v) is 8.20. The predicted molar refractivity (Wildman–Crippen MR) is 110 cm³/mol. The number of hydrogen-bond acceptors (Lipinski definition) is 4. The summed E-state index contributed by atoms with van der Waals surface area (Å²) >= 11 is 10.8. The highest BCUT2D eigenvalue weighted by Gasteiger charge is 2.12. The van der Waals surface area contributed by atoms with Gasteiger partial charge in [0.1, 0.15) is 5.75 Å². The smallest absolute Gasteiger partial charge is 0.264 e. The van der Waals surface area contributed by atoms with Crippen molar-refractivity contribution in [2.75, 3.05) is 11.9 Å². The minimum atomic E-state index is -0.256. The lowest BCUT2D eigenvalue weighted by atomic mass is 10.1. The maximum absolute atomic E-state index is 12.1. The van der Waals surface area contributed by atoms with Gasteiger partial charge in [0.25, 0.3) is 5.91 Å². The molecular weight excluding hydrogens is 436 g/mol. The van der Waals surface area contributed by atoms with Crippen molar-refractivity contribution in [1.82, 2.24) is 4.98 Å². The van der Waals surface area contributed by atoms with E-state index in [4.69, 9.17) is 16.3 Å². The lowest BCUT2D eigenvalue weighted by Gasteiger charge is -2.07. The van der Waals surface area contributed by atoms with Crippen molar-refractivity contribution in [2.45, 2.75) is 13.8 Å². The van der Waals surface area contributed by atoms with Gasteiger partial charge in [0.15, 0.2) is 11.7 Å². The van der Waals surface area contributed by atoms with E-state index in [1.165, 1.54) is 11.3 Å². The Hall–Kier alpha value is -1.89. The van der Waals surface area contributed by atoms with Crippen LogP contribution < -0.4 is 10.1 Å². The molecule has 0 atom stereocenters. The number of nitrogens with one attached hydrogen (secondary N) is 1. The lowest BCUT2D eigenvalue weighted by Crippen LogP contribution is -2.20. The Morgan fingerprint density at radius 1 is 1.23 bits per heavy atom. The molecule has 1 amide bonds. The summed E-state index contributed by atoms with van der Waals surface area (Å²) in [6, 6.07) is 13.2. The molecule has 0 unspecified atom stereocenters. The summed E-state index contributed by atoms with van der Waals surface area (Å²) in [5.41, 5.74) is 2.78. The summed E-state index contributed by atoms with van der Waals surface area (Å²) in [5.74, 6) is 0.349. The molecule has 134 valence electrons. The molecule has 1 heterocycles. The number of carbonyl (C=O) groups excluding carboxylic acids is 1. The highest BCUT2D eigenvalue weighted by molar-refractivity contribution is 9.10. The summed E-state index contributed by atoms with van der Waals surface area (Å²) in [4.78, 5) is 17.7. The number of ether oxygens (including phenoxy) is 1. The van der Waals surface area contributed by atoms with E-state index < -0.39 is 0 Å². The standard InChI is InChI=1S/C19H16BrClN2O2S/c1-11-9-15(7-8-16(11)21)25-10-17(24)22-19-23-18(12(2)26-19)13-3-5-14(20)6-4-13/h3-9H,10H2,1-2H3,(H,22,23,24). The second kappa shape index (κ2) is 8.20. The van der Waals surface area contributed by atoms with Crippen molar-refractivity contribution in [3.05, 3.63) is 62.4 Å². The van der Waals surface area contributed by atoms with Gasteiger partial charge in [0.2, 0.25) is 0 Å². The number of amides is 1. The number of aromatic nitrogens is 1. The number of anilines is 1. The molecule has 0 spiro atoms. The monoisotopic (exact) mass is 450 g/mol. The van der Waals surface area contributed by atoms with Crippen molar-refractivity contribution in [3.63, 3.8) is 0 Å². The van der Waals surface area contributed by atoms with E-state index in [1.54, 1.807) is 18.2 Å². The first-order chi connectivity index (χ1) is 12.4. The van der Waals surface area contributed by atoms with Crippen LogP contribution in [0.4, 0.5) is 5.13 Å². The molecular formula is C19H16BrClN2O2S. The average Bonchev–Trinajstić information content (AvgIpc) is 2.97. The Morgan fingerprint density at radius 3 is 2.65 bits per heavy atom. The SMILES string of the molecule is Cc1cc(OCC(=O)Nc2nc(-c3ccc(Br)cc3)c(C)s2)ccc1Cl. The second-order valence-electron chi connectivity index (χ2n) is 5.68. The molecule has 0 saturated carbocycles. The van der Waals surface area contributed by atoms with Crippen LogP contribution in [0.2, 0.25) is 5.02 Å². The Labute approximate surface area is 169 Å². The molecule has 4 nitrogen and oxygen atoms in total. The number of hydrogen-bond donors (Lipinski definition) is 1. The van der Waals surface area contributed by atoms with Crippen molar-refractivity contribution in [2.24, 2.45) is 0 Å². The number of halogens is 2. The molecule has 2 aromatic carbocycles. The summed E-state index contributed by atoms with van der Waals surface area (Å²) in [5, 5.41) is 4.01. The largest absolute Gasteiger partial charge is 0.484 e. The van der Waals surface area contributed by atoms with Crippen LogP contribution in [0.5, 0.6) is 5.75 Å². The number of thiazole rings is 1. The minimum absolute atomic E-state index is 0.0900. The van der Waals surface area contributed by atoms with Gasteiger partial charge in [0, 0.05) is 19.9 Å². The molecule has 3 aromatic rings. The van der Waals surface area contributed by atoms with E-state index >= 15 is 0 Å². The minimum Gasteiger partial charge on any atom is -0.484 e. The third kappa shape index (κ3) is 4.63. The number of benzene rings is 2. The molecule has 3 rings (SSSR count). The van der Waals surface area contributed by atoms with Crippen molar-refractivity contribution < 1.29 is 9.53 Å². The number of carbonyl (C=O) groups is 1. The highest BCUT2D eigenvalue weighted by atomic mass is 79.9. The molecule has 0 bridgehead atoms. The topological polar surface area (TPSA) is 51.2 Å². The quantitative estimate of drug-likeness (QED) is 0.528. The molecule has 0 radical (unpaired) electrons. The van der Waals surface area contributed by atoms with Gasteiger partial charge in [-0.1, -0.05) is 39.7 Å². The van der Waals surface area contributed by atoms with Crippen molar-refractivity contribution in [1.29, 1.82) is 0 Å². The predicted octanol–water partition coefficient (Wildman–Crippen LogP) is 5.86. The van der Waals surface area contributed by atoms with E-state index in [1.807, 2.05) is 38.1 Å². The number of aryl methyl sites for hydroxylation is 2. The molecule has 0 saturated heterocycles. The van der Waals surface area contributed by atoms with Gasteiger partial charge < -0.3 is 4.74 Å². The average molecular weight is 452 g/mol. The van der Waals surface area contributed by atoms with E-state index in [9.17, 15) is 4.79 Å². The molecule has 26 heavy (non-hydrogen) atoms. The first-order valence-corrected chi connectivity index (χ1v) is 9.83. The van der Waals surface area contributed by atoms with Crippen LogP contribution in [0, 0.1) is 13.8 Å². The van der Waals surface area contributed by atoms with Gasteiger partial charge >= 0.3 is 0 Å². The van der Waals surface area contributed by atoms with Gasteiger partial charge in [-0.05, 0) is 49.7 Å². The maximum atomic E-state index is 12.1. The van der Waals surface area contributed by atoms with Gasteiger partial charge in [-0.25, -0.2) is 4.98 Å². The fourth-order valence-electron chi connectivity index (χ4n) is 2.34. The Bertz CT molecular complexity index is 941. The van der Waals surface area contributed by atoms with E-state index in [0.29, 0.717) is 15.9 Å². The van der Waals surface area contributed by atoms with Gasteiger partial charge in [-0.2, -0.15) is 0 Å². The third-order valence-corrected chi connectivity index (χ3v) is 5.50. The van der Waals surface area contributed by atoms with Crippen LogP contribution in [0.3, 0.4) is 0 Å². The van der Waals surface area contributed by atoms with Gasteiger partial charge in [0.05, 0.1) is 5.69 Å². The van der Waals surface area contributed by atoms with E-state index in [-0.39, 0.29) is 12.5 Å². The summed E-state index contributed by atoms with van der Waals surface area (Å²) in [6.07, 6.45) is 0. The zero-order valence-electron chi connectivity index (χ0n) is 14.2. The summed E-state index contributed by atoms with van der Waals surface area (Å²) in [6.45, 7) is 3.78. The molecule has 0 aliphatic rings. The lowest BCUT2D eigenvalue weighted by molar-refractivity contribution is -0.118. The third-order valence-electron chi connectivity index (χ3n) is 3.66. The van der Waals surface area contributed by atoms with E-state index in [2.05, 4.69) is 26.2 Å². The van der Waals surface area contributed by atoms with Crippen molar-refractivity contribution >= 4 is 49.9 Å². The van der Waals surface area contributed by atoms with Crippen LogP contribution in [-0.4, -0.2) is 17.5 Å². The maximum Gasteiger partial charge on any atom is 0.264 e. The molecule has 0 fully saturated rings. The van der Waals surface area contributed by atoms with Crippen molar-refractivity contribution in [3.8, 4) is 17.0 Å². The van der Waals surface area contributed by atoms with E-state index in [0.717, 1.165) is 26.2 Å². The number of nitrogens with zero attached hydrogens (tertiary/aromatic N) is 1. The highest BCUT2D eigenvalue weighted by Crippen LogP contribution is 2.31. The zero-order valence-corrected chi connectivity index (χ0v) is 17.3. The molecule has 7 heteroatoms. The first-order valence-electron chi connectivity index (χ1n) is 7.84. The Kier molecular flexibility index (Phi) is 5.96. The molecule has 1 aromatic heterocycles. The normalized spacial score (nSPS) is 10.6. The summed E-state index contributed by atoms with van der Waals surface area (Å²) in [7, 11) is 0. The van der Waals surface area contributed by atoms with Gasteiger partial charge in [-0.3, -0.25) is 10.1 Å². The fraction of sp³-hybridized carbons (Fsp3) is 0.158. The number of rotatable bonds is 5. The van der Waals surface area contributed by atoms with Crippen LogP contribution in [0.1, 0.15) is 10.4 Å². The van der Waals surface area contributed by atoms with Crippen LogP contribution >= 0.6 is 38.9 Å². The molecule has 0 aliphatic carbocycles. The summed E-state index contributed by atoms with van der Waals surface area (Å²) < 4.78 is 6.52.